The van der Waals surface area contributed by atoms with E-state index in [2.05, 4.69) is 19.1 Å². The fourth-order valence-electron chi connectivity index (χ4n) is 2.80. The van der Waals surface area contributed by atoms with Gasteiger partial charge in [-0.05, 0) is 54.5 Å². The Morgan fingerprint density at radius 1 is 0.727 bits per heavy atom. The number of phenols is 3. The summed E-state index contributed by atoms with van der Waals surface area (Å²) in [6, 6.07) is 13.9. The Morgan fingerprint density at radius 2 is 1.23 bits per heavy atom. The van der Waals surface area contributed by atoms with E-state index >= 15 is 0 Å². The van der Waals surface area contributed by atoms with Gasteiger partial charge in [-0.1, -0.05) is 44.0 Å². The normalized spacial score (nSPS) is 20.8. The Balaban J connectivity index is 0.000000188. The van der Waals surface area contributed by atoms with E-state index in [1.165, 1.54) is 43.4 Å². The molecular weight excluding hydrogens is 276 g/mol. The average molecular weight is 300 g/mol. The van der Waals surface area contributed by atoms with Crippen molar-refractivity contribution in [3.8, 4) is 17.2 Å². The van der Waals surface area contributed by atoms with Crippen LogP contribution in [0.25, 0.3) is 0 Å². The van der Waals surface area contributed by atoms with Gasteiger partial charge in [0.05, 0.1) is 0 Å². The molecule has 0 spiro atoms. The number of hydrogen-bond donors (Lipinski definition) is 3. The van der Waals surface area contributed by atoms with E-state index in [9.17, 15) is 5.11 Å². The minimum absolute atomic E-state index is 0.0764. The second-order valence-electron chi connectivity index (χ2n) is 6.04. The topological polar surface area (TPSA) is 60.7 Å². The van der Waals surface area contributed by atoms with Crippen LogP contribution in [0.3, 0.4) is 0 Å². The van der Waals surface area contributed by atoms with Crippen molar-refractivity contribution < 1.29 is 15.3 Å². The molecule has 0 unspecified atom stereocenters. The maximum absolute atomic E-state index is 9.20. The van der Waals surface area contributed by atoms with Gasteiger partial charge in [0.25, 0.3) is 0 Å². The molecule has 118 valence electrons. The van der Waals surface area contributed by atoms with Gasteiger partial charge >= 0.3 is 0 Å². The molecule has 1 saturated carbocycles. The van der Waals surface area contributed by atoms with Crippen molar-refractivity contribution in [3.63, 3.8) is 0 Å². The van der Waals surface area contributed by atoms with E-state index in [1.807, 2.05) is 0 Å². The first-order valence-electron chi connectivity index (χ1n) is 7.82. The highest BCUT2D eigenvalue weighted by atomic mass is 16.3. The highest BCUT2D eigenvalue weighted by molar-refractivity contribution is 5.36. The van der Waals surface area contributed by atoms with Crippen molar-refractivity contribution in [1.29, 1.82) is 0 Å². The SMILES string of the molecule is CC1CCC(c2ccc(O)cc2)CC1.Oc1ccccc1O. The van der Waals surface area contributed by atoms with Crippen LogP contribution in [-0.4, -0.2) is 15.3 Å². The zero-order valence-electron chi connectivity index (χ0n) is 12.9. The van der Waals surface area contributed by atoms with Crippen LogP contribution in [0.15, 0.2) is 48.5 Å². The van der Waals surface area contributed by atoms with E-state index in [1.54, 1.807) is 24.3 Å². The molecule has 3 heteroatoms. The fourth-order valence-corrected chi connectivity index (χ4v) is 2.80. The molecule has 2 aromatic rings. The van der Waals surface area contributed by atoms with Gasteiger partial charge in [-0.2, -0.15) is 0 Å². The Hall–Kier alpha value is -2.16. The molecule has 0 bridgehead atoms. The summed E-state index contributed by atoms with van der Waals surface area (Å²) in [5.74, 6) is 1.85. The fraction of sp³-hybridized carbons (Fsp3) is 0.368. The third kappa shape index (κ3) is 4.69. The number of hydrogen-bond acceptors (Lipinski definition) is 3. The monoisotopic (exact) mass is 300 g/mol. The van der Waals surface area contributed by atoms with Crippen LogP contribution in [-0.2, 0) is 0 Å². The van der Waals surface area contributed by atoms with Gasteiger partial charge in [0.1, 0.15) is 5.75 Å². The number of para-hydroxylation sites is 2. The lowest BCUT2D eigenvalue weighted by atomic mass is 9.79. The van der Waals surface area contributed by atoms with E-state index < -0.39 is 0 Å². The molecular formula is C19H24O3. The van der Waals surface area contributed by atoms with Gasteiger partial charge in [-0.3, -0.25) is 0 Å². The second-order valence-corrected chi connectivity index (χ2v) is 6.04. The van der Waals surface area contributed by atoms with Crippen LogP contribution in [0.2, 0.25) is 0 Å². The summed E-state index contributed by atoms with van der Waals surface area (Å²) in [4.78, 5) is 0. The van der Waals surface area contributed by atoms with Gasteiger partial charge in [0.2, 0.25) is 0 Å². The molecule has 2 aromatic carbocycles. The summed E-state index contributed by atoms with van der Waals surface area (Å²) in [6.07, 6.45) is 5.33. The van der Waals surface area contributed by atoms with E-state index in [4.69, 9.17) is 10.2 Å². The van der Waals surface area contributed by atoms with Crippen LogP contribution < -0.4 is 0 Å². The molecule has 3 nitrogen and oxygen atoms in total. The molecule has 0 atom stereocenters. The third-order valence-corrected chi connectivity index (χ3v) is 4.26. The lowest BCUT2D eigenvalue weighted by Crippen LogP contribution is -2.10. The Morgan fingerprint density at radius 3 is 1.68 bits per heavy atom. The summed E-state index contributed by atoms with van der Waals surface area (Å²) in [5, 5.41) is 26.5. The van der Waals surface area contributed by atoms with E-state index in [0.717, 1.165) is 11.8 Å². The molecule has 0 amide bonds. The van der Waals surface area contributed by atoms with Crippen LogP contribution >= 0.6 is 0 Å². The van der Waals surface area contributed by atoms with E-state index in [0.29, 0.717) is 5.75 Å². The van der Waals surface area contributed by atoms with Crippen molar-refractivity contribution in [2.75, 3.05) is 0 Å². The van der Waals surface area contributed by atoms with Crippen molar-refractivity contribution in [1.82, 2.24) is 0 Å². The molecule has 0 heterocycles. The highest BCUT2D eigenvalue weighted by Gasteiger charge is 2.19. The lowest BCUT2D eigenvalue weighted by molar-refractivity contribution is 0.347. The molecule has 3 N–H and O–H groups in total. The van der Waals surface area contributed by atoms with Crippen LogP contribution in [0, 0.1) is 5.92 Å². The van der Waals surface area contributed by atoms with Gasteiger partial charge in [0.15, 0.2) is 11.5 Å². The minimum atomic E-state index is -0.0764. The van der Waals surface area contributed by atoms with Gasteiger partial charge in [-0.25, -0.2) is 0 Å². The Kier molecular flexibility index (Phi) is 5.70. The molecule has 0 radical (unpaired) electrons. The highest BCUT2D eigenvalue weighted by Crippen LogP contribution is 2.35. The first kappa shape index (κ1) is 16.2. The molecule has 0 saturated heterocycles. The standard InChI is InChI=1S/C13H18O.C6H6O2/c1-10-2-4-11(5-3-10)12-6-8-13(14)9-7-12;7-5-3-1-2-4-6(5)8/h6-11,14H,2-5H2,1H3;1-4,7-8H. The number of phenolic OH excluding ortho intramolecular Hbond substituents is 3. The lowest BCUT2D eigenvalue weighted by Gasteiger charge is -2.26. The third-order valence-electron chi connectivity index (χ3n) is 4.26. The number of benzene rings is 2. The zero-order valence-corrected chi connectivity index (χ0v) is 12.9. The Bertz CT molecular complexity index is 548. The smallest absolute Gasteiger partial charge is 0.157 e. The Labute approximate surface area is 131 Å². The predicted octanol–water partition coefficient (Wildman–Crippen LogP) is 4.78. The molecule has 1 aliphatic carbocycles. The minimum Gasteiger partial charge on any atom is -0.508 e. The molecule has 0 aliphatic heterocycles. The average Bonchev–Trinajstić information content (AvgIpc) is 2.53. The van der Waals surface area contributed by atoms with Crippen molar-refractivity contribution in [3.05, 3.63) is 54.1 Å². The molecule has 22 heavy (non-hydrogen) atoms. The quantitative estimate of drug-likeness (QED) is 0.664. The van der Waals surface area contributed by atoms with Crippen LogP contribution in [0.5, 0.6) is 17.2 Å². The second kappa shape index (κ2) is 7.74. The summed E-state index contributed by atoms with van der Waals surface area (Å²) < 4.78 is 0. The summed E-state index contributed by atoms with van der Waals surface area (Å²) in [5.41, 5.74) is 1.40. The molecule has 0 aromatic heterocycles. The first-order chi connectivity index (χ1) is 10.6. The summed E-state index contributed by atoms with van der Waals surface area (Å²) in [6.45, 7) is 2.34. The zero-order chi connectivity index (χ0) is 15.9. The van der Waals surface area contributed by atoms with E-state index in [-0.39, 0.29) is 11.5 Å². The summed E-state index contributed by atoms with van der Waals surface area (Å²) in [7, 11) is 0. The van der Waals surface area contributed by atoms with Crippen molar-refractivity contribution in [2.45, 2.75) is 38.5 Å². The molecule has 1 fully saturated rings. The van der Waals surface area contributed by atoms with Crippen molar-refractivity contribution >= 4 is 0 Å². The van der Waals surface area contributed by atoms with Gasteiger partial charge < -0.3 is 15.3 Å². The molecule has 3 rings (SSSR count). The van der Waals surface area contributed by atoms with Crippen LogP contribution in [0.1, 0.15) is 44.1 Å². The maximum Gasteiger partial charge on any atom is 0.157 e. The van der Waals surface area contributed by atoms with Gasteiger partial charge in [-0.15, -0.1) is 0 Å². The predicted molar refractivity (Wildman–Crippen MR) is 88.3 cm³/mol. The summed E-state index contributed by atoms with van der Waals surface area (Å²) >= 11 is 0. The van der Waals surface area contributed by atoms with Crippen molar-refractivity contribution in [2.24, 2.45) is 5.92 Å². The van der Waals surface area contributed by atoms with Gasteiger partial charge in [0, 0.05) is 0 Å². The maximum atomic E-state index is 9.20. The number of aromatic hydroxyl groups is 3. The first-order valence-corrected chi connectivity index (χ1v) is 7.82. The van der Waals surface area contributed by atoms with Crippen LogP contribution in [0.4, 0.5) is 0 Å². The number of rotatable bonds is 1. The molecule has 1 aliphatic rings. The largest absolute Gasteiger partial charge is 0.508 e.